The van der Waals surface area contributed by atoms with Crippen molar-refractivity contribution >= 4 is 22.6 Å². The monoisotopic (exact) mass is 394 g/mol. The zero-order chi connectivity index (χ0) is 20.8. The lowest BCUT2D eigenvalue weighted by atomic mass is 9.96. The molecule has 0 aliphatic heterocycles. The number of aromatic nitrogens is 5. The average molecular weight is 394 g/mol. The second-order valence-corrected chi connectivity index (χ2v) is 8.12. The molecule has 0 aliphatic rings. The molecule has 4 aromatic rings. The number of nitrogens with one attached hydrogen (secondary N) is 1. The van der Waals surface area contributed by atoms with E-state index in [9.17, 15) is 9.18 Å². The minimum atomic E-state index is -0.313. The van der Waals surface area contributed by atoms with Crippen LogP contribution in [0.15, 0.2) is 36.5 Å². The number of benzene rings is 1. The van der Waals surface area contributed by atoms with E-state index in [0.29, 0.717) is 29.7 Å². The SMILES string of the molecule is Cn1c(CCNC(=O)c2cccn3c(C(C)(C)C)nnc23)nc2cc(F)ccc21. The van der Waals surface area contributed by atoms with Crippen molar-refractivity contribution < 1.29 is 9.18 Å². The summed E-state index contributed by atoms with van der Waals surface area (Å²) in [5.74, 6) is 1.05. The Kier molecular flexibility index (Phi) is 4.56. The van der Waals surface area contributed by atoms with Crippen molar-refractivity contribution in [1.29, 1.82) is 0 Å². The lowest BCUT2D eigenvalue weighted by Gasteiger charge is -2.15. The van der Waals surface area contributed by atoms with E-state index in [1.807, 2.05) is 28.3 Å². The predicted molar refractivity (Wildman–Crippen MR) is 108 cm³/mol. The van der Waals surface area contributed by atoms with Gasteiger partial charge in [0.25, 0.3) is 5.91 Å². The molecule has 3 aromatic heterocycles. The Labute approximate surface area is 167 Å². The third-order valence-electron chi connectivity index (χ3n) is 4.92. The number of pyridine rings is 1. The molecule has 0 saturated heterocycles. The molecule has 8 heteroatoms. The first-order chi connectivity index (χ1) is 13.8. The van der Waals surface area contributed by atoms with Crippen molar-refractivity contribution in [1.82, 2.24) is 29.5 Å². The molecule has 3 heterocycles. The molecule has 0 unspecified atom stereocenters. The first kappa shape index (κ1) is 19.0. The van der Waals surface area contributed by atoms with E-state index in [0.717, 1.165) is 17.2 Å². The molecule has 0 atom stereocenters. The highest BCUT2D eigenvalue weighted by Crippen LogP contribution is 2.22. The summed E-state index contributed by atoms with van der Waals surface area (Å²) in [6.07, 6.45) is 2.40. The number of aryl methyl sites for hydroxylation is 1. The molecule has 4 rings (SSSR count). The van der Waals surface area contributed by atoms with E-state index in [-0.39, 0.29) is 17.1 Å². The van der Waals surface area contributed by atoms with Gasteiger partial charge in [-0.05, 0) is 24.3 Å². The van der Waals surface area contributed by atoms with Crippen LogP contribution in [0, 0.1) is 5.82 Å². The number of amides is 1. The third-order valence-corrected chi connectivity index (χ3v) is 4.92. The number of hydrogen-bond acceptors (Lipinski definition) is 4. The molecule has 150 valence electrons. The fourth-order valence-corrected chi connectivity index (χ4v) is 3.43. The van der Waals surface area contributed by atoms with E-state index < -0.39 is 0 Å². The highest BCUT2D eigenvalue weighted by molar-refractivity contribution is 5.99. The maximum absolute atomic E-state index is 13.4. The van der Waals surface area contributed by atoms with Crippen LogP contribution in [-0.2, 0) is 18.9 Å². The van der Waals surface area contributed by atoms with Crippen LogP contribution < -0.4 is 5.32 Å². The first-order valence-electron chi connectivity index (χ1n) is 9.49. The molecular formula is C21H23FN6O. The Morgan fingerprint density at radius 1 is 1.21 bits per heavy atom. The Balaban J connectivity index is 1.51. The Bertz CT molecular complexity index is 1220. The molecule has 0 radical (unpaired) electrons. The van der Waals surface area contributed by atoms with Crippen molar-refractivity contribution in [2.45, 2.75) is 32.6 Å². The molecule has 0 aliphatic carbocycles. The van der Waals surface area contributed by atoms with Crippen LogP contribution in [0.2, 0.25) is 0 Å². The van der Waals surface area contributed by atoms with Gasteiger partial charge in [0, 0.05) is 37.7 Å². The van der Waals surface area contributed by atoms with Crippen LogP contribution in [-0.4, -0.2) is 36.6 Å². The van der Waals surface area contributed by atoms with Gasteiger partial charge in [-0.2, -0.15) is 0 Å². The second-order valence-electron chi connectivity index (χ2n) is 8.12. The van der Waals surface area contributed by atoms with Crippen molar-refractivity contribution in [2.24, 2.45) is 7.05 Å². The first-order valence-corrected chi connectivity index (χ1v) is 9.49. The number of carbonyl (C=O) groups is 1. The normalized spacial score (nSPS) is 12.0. The highest BCUT2D eigenvalue weighted by Gasteiger charge is 2.23. The van der Waals surface area contributed by atoms with Crippen LogP contribution in [0.25, 0.3) is 16.7 Å². The summed E-state index contributed by atoms with van der Waals surface area (Å²) in [6, 6.07) is 8.10. The lowest BCUT2D eigenvalue weighted by Crippen LogP contribution is -2.27. The Morgan fingerprint density at radius 3 is 2.76 bits per heavy atom. The van der Waals surface area contributed by atoms with Gasteiger partial charge >= 0.3 is 0 Å². The molecule has 7 nitrogen and oxygen atoms in total. The van der Waals surface area contributed by atoms with E-state index in [4.69, 9.17) is 0 Å². The van der Waals surface area contributed by atoms with Gasteiger partial charge in [0.1, 0.15) is 17.5 Å². The molecule has 29 heavy (non-hydrogen) atoms. The minimum absolute atomic E-state index is 0.186. The van der Waals surface area contributed by atoms with Gasteiger partial charge in [0.05, 0.1) is 16.6 Å². The topological polar surface area (TPSA) is 77.1 Å². The third kappa shape index (κ3) is 3.46. The summed E-state index contributed by atoms with van der Waals surface area (Å²) < 4.78 is 17.2. The molecular weight excluding hydrogens is 371 g/mol. The van der Waals surface area contributed by atoms with E-state index >= 15 is 0 Å². The Hall–Kier alpha value is -3.29. The standard InChI is InChI=1S/C21H23FN6O/c1-21(2,3)20-26-25-18-14(6-5-11-28(18)20)19(29)23-10-9-17-24-15-12-13(22)7-8-16(15)27(17)4/h5-8,11-12H,9-10H2,1-4H3,(H,23,29). The predicted octanol–water partition coefficient (Wildman–Crippen LogP) is 3.03. The molecule has 1 aromatic carbocycles. The summed E-state index contributed by atoms with van der Waals surface area (Å²) in [5, 5.41) is 11.4. The van der Waals surface area contributed by atoms with Gasteiger partial charge in [0.15, 0.2) is 5.65 Å². The molecule has 0 fully saturated rings. The quantitative estimate of drug-likeness (QED) is 0.577. The molecule has 0 spiro atoms. The summed E-state index contributed by atoms with van der Waals surface area (Å²) in [4.78, 5) is 17.2. The number of rotatable bonds is 4. The van der Waals surface area contributed by atoms with Gasteiger partial charge in [-0.3, -0.25) is 9.20 Å². The van der Waals surface area contributed by atoms with E-state index in [1.54, 1.807) is 12.1 Å². The van der Waals surface area contributed by atoms with Gasteiger partial charge in [0.2, 0.25) is 0 Å². The summed E-state index contributed by atoms with van der Waals surface area (Å²) in [7, 11) is 1.88. The number of carbonyl (C=O) groups excluding carboxylic acids is 1. The summed E-state index contributed by atoms with van der Waals surface area (Å²) in [6.45, 7) is 6.57. The maximum Gasteiger partial charge on any atom is 0.255 e. The molecule has 1 amide bonds. The minimum Gasteiger partial charge on any atom is -0.351 e. The smallest absolute Gasteiger partial charge is 0.255 e. The van der Waals surface area contributed by atoms with E-state index in [1.165, 1.54) is 12.1 Å². The van der Waals surface area contributed by atoms with Crippen molar-refractivity contribution in [3.8, 4) is 0 Å². The largest absolute Gasteiger partial charge is 0.351 e. The van der Waals surface area contributed by atoms with Gasteiger partial charge in [-0.15, -0.1) is 10.2 Å². The second kappa shape index (κ2) is 6.95. The van der Waals surface area contributed by atoms with Crippen molar-refractivity contribution in [2.75, 3.05) is 6.54 Å². The van der Waals surface area contributed by atoms with E-state index in [2.05, 4.69) is 41.3 Å². The fraction of sp³-hybridized carbons (Fsp3) is 0.333. The summed E-state index contributed by atoms with van der Waals surface area (Å²) >= 11 is 0. The number of fused-ring (bicyclic) bond motifs is 2. The van der Waals surface area contributed by atoms with Gasteiger partial charge in [-0.25, -0.2) is 9.37 Å². The zero-order valence-electron chi connectivity index (χ0n) is 16.9. The zero-order valence-corrected chi connectivity index (χ0v) is 16.9. The van der Waals surface area contributed by atoms with Crippen LogP contribution in [0.4, 0.5) is 4.39 Å². The maximum atomic E-state index is 13.4. The lowest BCUT2D eigenvalue weighted by molar-refractivity contribution is 0.0955. The summed E-state index contributed by atoms with van der Waals surface area (Å²) in [5.41, 5.74) is 2.29. The molecule has 1 N–H and O–H groups in total. The average Bonchev–Trinajstić information content (AvgIpc) is 3.23. The Morgan fingerprint density at radius 2 is 2.00 bits per heavy atom. The number of halogens is 1. The number of hydrogen-bond donors (Lipinski definition) is 1. The van der Waals surface area contributed by atoms with Crippen LogP contribution in [0.3, 0.4) is 0 Å². The van der Waals surface area contributed by atoms with Crippen LogP contribution in [0.5, 0.6) is 0 Å². The van der Waals surface area contributed by atoms with Crippen molar-refractivity contribution in [3.63, 3.8) is 0 Å². The number of nitrogens with zero attached hydrogens (tertiary/aromatic N) is 5. The molecule has 0 bridgehead atoms. The number of imidazole rings is 1. The van der Waals surface area contributed by atoms with Crippen LogP contribution >= 0.6 is 0 Å². The highest BCUT2D eigenvalue weighted by atomic mass is 19.1. The van der Waals surface area contributed by atoms with Gasteiger partial charge < -0.3 is 9.88 Å². The van der Waals surface area contributed by atoms with Gasteiger partial charge in [-0.1, -0.05) is 20.8 Å². The fourth-order valence-electron chi connectivity index (χ4n) is 3.43. The van der Waals surface area contributed by atoms with Crippen molar-refractivity contribution in [3.05, 3.63) is 59.6 Å². The molecule has 0 saturated carbocycles. The van der Waals surface area contributed by atoms with Crippen LogP contribution in [0.1, 0.15) is 42.8 Å².